The number of carbonyl (C=O) groups is 1. The van der Waals surface area contributed by atoms with Gasteiger partial charge < -0.3 is 10.1 Å². The summed E-state index contributed by atoms with van der Waals surface area (Å²) in [7, 11) is -2.38. The molecule has 9 heteroatoms. The number of rotatable bonds is 7. The lowest BCUT2D eigenvalue weighted by Gasteiger charge is -2.05. The zero-order valence-electron chi connectivity index (χ0n) is 10.5. The van der Waals surface area contributed by atoms with Crippen LogP contribution in [0.3, 0.4) is 0 Å². The van der Waals surface area contributed by atoms with Gasteiger partial charge in [-0.1, -0.05) is 6.92 Å². The van der Waals surface area contributed by atoms with E-state index in [2.05, 4.69) is 30.7 Å². The molecule has 0 saturated carbocycles. The van der Waals surface area contributed by atoms with Gasteiger partial charge in [0.05, 0.1) is 10.9 Å². The van der Waals surface area contributed by atoms with Crippen molar-refractivity contribution >= 4 is 43.3 Å². The Morgan fingerprint density at radius 1 is 1.47 bits per heavy atom. The molecule has 0 atom stereocenters. The molecule has 6 nitrogen and oxygen atoms in total. The predicted octanol–water partition coefficient (Wildman–Crippen LogP) is 1.18. The van der Waals surface area contributed by atoms with E-state index in [4.69, 9.17) is 0 Å². The van der Waals surface area contributed by atoms with Crippen molar-refractivity contribution in [2.75, 3.05) is 26.7 Å². The Hall–Kier alpha value is -0.480. The smallest absolute Gasteiger partial charge is 0.348 e. The van der Waals surface area contributed by atoms with Crippen LogP contribution in [0.5, 0.6) is 0 Å². The summed E-state index contributed by atoms with van der Waals surface area (Å²) in [5, 5.41) is 3.01. The molecule has 0 radical (unpaired) electrons. The highest BCUT2D eigenvalue weighted by molar-refractivity contribution is 9.11. The van der Waals surface area contributed by atoms with Crippen molar-refractivity contribution in [2.45, 2.75) is 11.8 Å². The number of sulfonamides is 1. The lowest BCUT2D eigenvalue weighted by Crippen LogP contribution is -2.31. The third-order valence-electron chi connectivity index (χ3n) is 2.18. The van der Waals surface area contributed by atoms with E-state index >= 15 is 0 Å². The molecule has 0 aliphatic rings. The van der Waals surface area contributed by atoms with Gasteiger partial charge in [-0.2, -0.15) is 0 Å². The third kappa shape index (κ3) is 4.53. The van der Waals surface area contributed by atoms with Crippen LogP contribution >= 0.6 is 27.3 Å². The minimum absolute atomic E-state index is 0.0504. The summed E-state index contributed by atoms with van der Waals surface area (Å²) < 4.78 is 31.4. The van der Waals surface area contributed by atoms with Crippen molar-refractivity contribution in [3.63, 3.8) is 0 Å². The number of methoxy groups -OCH3 is 1. The lowest BCUT2D eigenvalue weighted by molar-refractivity contribution is 0.0606. The molecule has 0 bridgehead atoms. The van der Waals surface area contributed by atoms with E-state index in [1.165, 1.54) is 13.2 Å². The van der Waals surface area contributed by atoms with Gasteiger partial charge in [-0.15, -0.1) is 11.3 Å². The number of carbonyl (C=O) groups excluding carboxylic acids is 1. The number of likely N-dealkylation sites (N-methyl/N-ethyl adjacent to an activating group) is 1. The molecule has 0 aliphatic carbocycles. The number of hydrogen-bond acceptors (Lipinski definition) is 6. The second-order valence-electron chi connectivity index (χ2n) is 3.49. The maximum absolute atomic E-state index is 12.0. The summed E-state index contributed by atoms with van der Waals surface area (Å²) in [6, 6.07) is 1.30. The molecule has 0 saturated heterocycles. The Morgan fingerprint density at radius 2 is 2.16 bits per heavy atom. The van der Waals surface area contributed by atoms with Crippen LogP contribution < -0.4 is 10.0 Å². The standard InChI is InChI=1S/C10H15BrN2O4S2/c1-3-12-4-5-13-19(15,16)8-6-7(10(14)17-2)18-9(8)11/h6,12-13H,3-5H2,1-2H3. The lowest BCUT2D eigenvalue weighted by atomic mass is 10.5. The van der Waals surface area contributed by atoms with Crippen LogP contribution in [0.4, 0.5) is 0 Å². The average molecular weight is 371 g/mol. The molecule has 0 unspecified atom stereocenters. The topological polar surface area (TPSA) is 84.5 Å². The Morgan fingerprint density at radius 3 is 2.74 bits per heavy atom. The fourth-order valence-corrected chi connectivity index (χ4v) is 4.78. The van der Waals surface area contributed by atoms with Gasteiger partial charge in [0.1, 0.15) is 9.77 Å². The van der Waals surface area contributed by atoms with Crippen LogP contribution in [-0.2, 0) is 14.8 Å². The van der Waals surface area contributed by atoms with Gasteiger partial charge in [-0.3, -0.25) is 0 Å². The molecular formula is C10H15BrN2O4S2. The monoisotopic (exact) mass is 370 g/mol. The normalized spacial score (nSPS) is 11.5. The van der Waals surface area contributed by atoms with Gasteiger partial charge in [-0.25, -0.2) is 17.9 Å². The van der Waals surface area contributed by atoms with Crippen molar-refractivity contribution in [3.8, 4) is 0 Å². The minimum atomic E-state index is -3.63. The van der Waals surface area contributed by atoms with Gasteiger partial charge in [0.15, 0.2) is 0 Å². The van der Waals surface area contributed by atoms with Gasteiger partial charge in [0.25, 0.3) is 0 Å². The fraction of sp³-hybridized carbons (Fsp3) is 0.500. The van der Waals surface area contributed by atoms with Crippen LogP contribution in [0.2, 0.25) is 0 Å². The van der Waals surface area contributed by atoms with Crippen molar-refractivity contribution in [2.24, 2.45) is 0 Å². The first-order chi connectivity index (χ1) is 8.92. The molecule has 1 aromatic rings. The highest BCUT2D eigenvalue weighted by Gasteiger charge is 2.23. The van der Waals surface area contributed by atoms with E-state index in [1.807, 2.05) is 6.92 Å². The molecule has 108 valence electrons. The van der Waals surface area contributed by atoms with Gasteiger partial charge >= 0.3 is 5.97 Å². The molecule has 1 aromatic heterocycles. The average Bonchev–Trinajstić information content (AvgIpc) is 2.76. The predicted molar refractivity (Wildman–Crippen MR) is 77.1 cm³/mol. The van der Waals surface area contributed by atoms with Crippen molar-refractivity contribution in [1.82, 2.24) is 10.0 Å². The van der Waals surface area contributed by atoms with Crippen molar-refractivity contribution < 1.29 is 17.9 Å². The maximum Gasteiger partial charge on any atom is 0.348 e. The summed E-state index contributed by atoms with van der Waals surface area (Å²) in [5.74, 6) is -0.556. The first kappa shape index (κ1) is 16.6. The molecule has 2 N–H and O–H groups in total. The summed E-state index contributed by atoms with van der Waals surface area (Å²) in [5.41, 5.74) is 0. The van der Waals surface area contributed by atoms with Crippen LogP contribution in [-0.4, -0.2) is 41.1 Å². The quantitative estimate of drug-likeness (QED) is 0.556. The number of thiophene rings is 1. The molecular weight excluding hydrogens is 356 g/mol. The second kappa shape index (κ2) is 7.34. The summed E-state index contributed by atoms with van der Waals surface area (Å²) in [6.45, 7) is 3.54. The van der Waals surface area contributed by atoms with Crippen LogP contribution in [0.25, 0.3) is 0 Å². The van der Waals surface area contributed by atoms with Crippen LogP contribution in [0.1, 0.15) is 16.6 Å². The molecule has 1 heterocycles. The molecule has 0 aromatic carbocycles. The molecule has 19 heavy (non-hydrogen) atoms. The zero-order valence-corrected chi connectivity index (χ0v) is 13.7. The Balaban J connectivity index is 2.83. The van der Waals surface area contributed by atoms with Crippen molar-refractivity contribution in [3.05, 3.63) is 14.7 Å². The Labute approximate surface area is 124 Å². The van der Waals surface area contributed by atoms with E-state index in [-0.39, 0.29) is 16.3 Å². The minimum Gasteiger partial charge on any atom is -0.465 e. The largest absolute Gasteiger partial charge is 0.465 e. The first-order valence-corrected chi connectivity index (χ1v) is 8.59. The molecule has 0 spiro atoms. The number of ether oxygens (including phenoxy) is 1. The van der Waals surface area contributed by atoms with E-state index in [0.29, 0.717) is 10.3 Å². The third-order valence-corrected chi connectivity index (χ3v) is 5.87. The SMILES string of the molecule is CCNCCNS(=O)(=O)c1cc(C(=O)OC)sc1Br. The summed E-state index contributed by atoms with van der Waals surface area (Å²) >= 11 is 4.17. The number of nitrogens with one attached hydrogen (secondary N) is 2. The van der Waals surface area contributed by atoms with E-state index in [9.17, 15) is 13.2 Å². The highest BCUT2D eigenvalue weighted by Crippen LogP contribution is 2.31. The summed E-state index contributed by atoms with van der Waals surface area (Å²) in [6.07, 6.45) is 0. The van der Waals surface area contributed by atoms with E-state index in [1.54, 1.807) is 0 Å². The van der Waals surface area contributed by atoms with Gasteiger partial charge in [0.2, 0.25) is 10.0 Å². The van der Waals surface area contributed by atoms with Crippen LogP contribution in [0.15, 0.2) is 14.7 Å². The van der Waals surface area contributed by atoms with E-state index in [0.717, 1.165) is 17.9 Å². The Kier molecular flexibility index (Phi) is 6.40. The summed E-state index contributed by atoms with van der Waals surface area (Å²) in [4.78, 5) is 11.6. The molecule has 1 rings (SSSR count). The van der Waals surface area contributed by atoms with Gasteiger partial charge in [0, 0.05) is 13.1 Å². The maximum atomic E-state index is 12.0. The van der Waals surface area contributed by atoms with Crippen LogP contribution in [0, 0.1) is 0 Å². The number of halogens is 1. The Bertz CT molecular complexity index is 542. The molecule has 0 fully saturated rings. The van der Waals surface area contributed by atoms with Crippen molar-refractivity contribution in [1.29, 1.82) is 0 Å². The number of esters is 1. The second-order valence-corrected chi connectivity index (χ2v) is 7.60. The zero-order chi connectivity index (χ0) is 14.5. The number of hydrogen-bond donors (Lipinski definition) is 2. The molecule has 0 aliphatic heterocycles. The van der Waals surface area contributed by atoms with Gasteiger partial charge in [-0.05, 0) is 28.5 Å². The fourth-order valence-electron chi connectivity index (χ4n) is 1.26. The van der Waals surface area contributed by atoms with E-state index < -0.39 is 16.0 Å². The molecule has 0 amide bonds. The highest BCUT2D eigenvalue weighted by atomic mass is 79.9. The first-order valence-electron chi connectivity index (χ1n) is 5.50.